The molecule has 1 aliphatic rings. The number of aliphatic hydroxyl groups excluding tert-OH is 1. The van der Waals surface area contributed by atoms with Crippen LogP contribution in [0.25, 0.3) is 0 Å². The van der Waals surface area contributed by atoms with Crippen molar-refractivity contribution in [1.82, 2.24) is 0 Å². The Balaban J connectivity index is 2.32. The molecule has 112 valence electrons. The first-order valence-corrected chi connectivity index (χ1v) is 7.66. The number of benzene rings is 1. The summed E-state index contributed by atoms with van der Waals surface area (Å²) in [6.07, 6.45) is 3.18. The van der Waals surface area contributed by atoms with Crippen LogP contribution in [0.4, 0.5) is 5.69 Å². The van der Waals surface area contributed by atoms with Crippen LogP contribution in [-0.4, -0.2) is 24.8 Å². The van der Waals surface area contributed by atoms with Crippen LogP contribution in [-0.2, 0) is 0 Å². The maximum absolute atomic E-state index is 10.1. The number of hydrogen-bond acceptors (Lipinski definition) is 3. The van der Waals surface area contributed by atoms with Crippen molar-refractivity contribution in [2.75, 3.05) is 18.6 Å². The van der Waals surface area contributed by atoms with Gasteiger partial charge in [0.15, 0.2) is 0 Å². The Morgan fingerprint density at radius 2 is 2.00 bits per heavy atom. The highest BCUT2D eigenvalue weighted by molar-refractivity contribution is 5.61. The standard InChI is InChI=1S/C17H27NO2/c1-12(2)10-11-18(14-8-9-14)15-6-5-7-16(20-4)17(15)13(3)19/h5-7,12-14,19H,8-11H2,1-4H3. The predicted molar refractivity (Wildman–Crippen MR) is 83.5 cm³/mol. The van der Waals surface area contributed by atoms with E-state index in [0.717, 1.165) is 23.5 Å². The number of rotatable bonds is 7. The van der Waals surface area contributed by atoms with Crippen molar-refractivity contribution in [3.63, 3.8) is 0 Å². The summed E-state index contributed by atoms with van der Waals surface area (Å²) in [5.41, 5.74) is 2.06. The Bertz CT molecular complexity index is 439. The first-order valence-electron chi connectivity index (χ1n) is 7.66. The number of anilines is 1. The van der Waals surface area contributed by atoms with Crippen LogP contribution in [0.1, 0.15) is 51.7 Å². The second-order valence-corrected chi connectivity index (χ2v) is 6.18. The molecule has 0 aliphatic heterocycles. The average molecular weight is 277 g/mol. The topological polar surface area (TPSA) is 32.7 Å². The fourth-order valence-corrected chi connectivity index (χ4v) is 2.66. The number of aliphatic hydroxyl groups is 1. The first kappa shape index (κ1) is 15.2. The summed E-state index contributed by atoms with van der Waals surface area (Å²) in [5.74, 6) is 1.48. The second kappa shape index (κ2) is 6.49. The minimum absolute atomic E-state index is 0.513. The van der Waals surface area contributed by atoms with Gasteiger partial charge in [-0.05, 0) is 44.2 Å². The summed E-state index contributed by atoms with van der Waals surface area (Å²) in [6, 6.07) is 6.70. The lowest BCUT2D eigenvalue weighted by atomic mass is 10.0. The zero-order valence-electron chi connectivity index (χ0n) is 13.1. The van der Waals surface area contributed by atoms with Gasteiger partial charge >= 0.3 is 0 Å². The van der Waals surface area contributed by atoms with Gasteiger partial charge in [0.25, 0.3) is 0 Å². The van der Waals surface area contributed by atoms with E-state index in [1.165, 1.54) is 19.3 Å². The monoisotopic (exact) mass is 277 g/mol. The van der Waals surface area contributed by atoms with Crippen molar-refractivity contribution in [3.8, 4) is 5.75 Å². The van der Waals surface area contributed by atoms with Crippen molar-refractivity contribution >= 4 is 5.69 Å². The summed E-state index contributed by atoms with van der Waals surface area (Å²) in [6.45, 7) is 7.38. The molecule has 1 atom stereocenters. The molecule has 0 aromatic heterocycles. The molecule has 0 spiro atoms. The highest BCUT2D eigenvalue weighted by atomic mass is 16.5. The molecule has 0 heterocycles. The minimum Gasteiger partial charge on any atom is -0.496 e. The van der Waals surface area contributed by atoms with E-state index in [1.807, 2.05) is 19.1 Å². The molecule has 0 radical (unpaired) electrons. The summed E-state index contributed by atoms with van der Waals surface area (Å²) in [5, 5.41) is 10.1. The van der Waals surface area contributed by atoms with E-state index in [0.29, 0.717) is 12.0 Å². The van der Waals surface area contributed by atoms with Gasteiger partial charge in [-0.15, -0.1) is 0 Å². The van der Waals surface area contributed by atoms with Crippen LogP contribution in [0.15, 0.2) is 18.2 Å². The molecular weight excluding hydrogens is 250 g/mol. The van der Waals surface area contributed by atoms with Gasteiger partial charge in [0.1, 0.15) is 5.75 Å². The van der Waals surface area contributed by atoms with Gasteiger partial charge in [0.05, 0.1) is 13.2 Å². The minimum atomic E-state index is -0.513. The Hall–Kier alpha value is -1.22. The number of ether oxygens (including phenoxy) is 1. The van der Waals surface area contributed by atoms with Gasteiger partial charge in [-0.3, -0.25) is 0 Å². The van der Waals surface area contributed by atoms with Gasteiger partial charge in [0, 0.05) is 23.8 Å². The zero-order valence-corrected chi connectivity index (χ0v) is 13.1. The van der Waals surface area contributed by atoms with Crippen LogP contribution >= 0.6 is 0 Å². The fourth-order valence-electron chi connectivity index (χ4n) is 2.66. The number of methoxy groups -OCH3 is 1. The molecule has 1 aromatic carbocycles. The molecule has 0 amide bonds. The molecule has 1 fully saturated rings. The fraction of sp³-hybridized carbons (Fsp3) is 0.647. The van der Waals surface area contributed by atoms with Gasteiger partial charge in [-0.25, -0.2) is 0 Å². The summed E-state index contributed by atoms with van der Waals surface area (Å²) in [7, 11) is 1.67. The Kier molecular flexibility index (Phi) is 4.92. The Morgan fingerprint density at radius 1 is 1.30 bits per heavy atom. The van der Waals surface area contributed by atoms with Gasteiger partial charge < -0.3 is 14.7 Å². The molecule has 1 aliphatic carbocycles. The van der Waals surface area contributed by atoms with Crippen LogP contribution in [0.3, 0.4) is 0 Å². The molecule has 20 heavy (non-hydrogen) atoms. The zero-order chi connectivity index (χ0) is 14.7. The molecular formula is C17H27NO2. The van der Waals surface area contributed by atoms with E-state index < -0.39 is 6.10 Å². The maximum atomic E-state index is 10.1. The largest absolute Gasteiger partial charge is 0.496 e. The average Bonchev–Trinajstić information content (AvgIpc) is 3.22. The molecule has 3 nitrogen and oxygen atoms in total. The lowest BCUT2D eigenvalue weighted by Crippen LogP contribution is -2.29. The van der Waals surface area contributed by atoms with Crippen LogP contribution in [0.5, 0.6) is 5.75 Å². The quantitative estimate of drug-likeness (QED) is 0.823. The van der Waals surface area contributed by atoms with E-state index >= 15 is 0 Å². The maximum Gasteiger partial charge on any atom is 0.126 e. The smallest absolute Gasteiger partial charge is 0.126 e. The van der Waals surface area contributed by atoms with E-state index in [4.69, 9.17) is 4.74 Å². The highest BCUT2D eigenvalue weighted by Crippen LogP contribution is 2.40. The summed E-state index contributed by atoms with van der Waals surface area (Å²) >= 11 is 0. The van der Waals surface area contributed by atoms with Crippen LogP contribution in [0, 0.1) is 5.92 Å². The van der Waals surface area contributed by atoms with Crippen LogP contribution in [0.2, 0.25) is 0 Å². The molecule has 2 rings (SSSR count). The predicted octanol–water partition coefficient (Wildman–Crippen LogP) is 3.76. The second-order valence-electron chi connectivity index (χ2n) is 6.18. The highest BCUT2D eigenvalue weighted by Gasteiger charge is 2.31. The normalized spacial score (nSPS) is 16.3. The van der Waals surface area contributed by atoms with Crippen LogP contribution < -0.4 is 9.64 Å². The molecule has 0 bridgehead atoms. The van der Waals surface area contributed by atoms with Crippen molar-refractivity contribution < 1.29 is 9.84 Å². The van der Waals surface area contributed by atoms with E-state index in [2.05, 4.69) is 24.8 Å². The third-order valence-corrected chi connectivity index (χ3v) is 3.93. The van der Waals surface area contributed by atoms with Crippen molar-refractivity contribution in [3.05, 3.63) is 23.8 Å². The molecule has 1 aromatic rings. The lowest BCUT2D eigenvalue weighted by Gasteiger charge is -2.29. The SMILES string of the molecule is COc1cccc(N(CCC(C)C)C2CC2)c1C(C)O. The van der Waals surface area contributed by atoms with Crippen molar-refractivity contribution in [1.29, 1.82) is 0 Å². The van der Waals surface area contributed by atoms with Crippen molar-refractivity contribution in [2.45, 2.75) is 52.2 Å². The van der Waals surface area contributed by atoms with E-state index in [1.54, 1.807) is 7.11 Å². The number of nitrogens with zero attached hydrogens (tertiary/aromatic N) is 1. The third kappa shape index (κ3) is 3.45. The summed E-state index contributed by atoms with van der Waals surface area (Å²) < 4.78 is 5.44. The van der Waals surface area contributed by atoms with Crippen molar-refractivity contribution in [2.24, 2.45) is 5.92 Å². The summed E-state index contributed by atoms with van der Waals surface area (Å²) in [4.78, 5) is 2.46. The molecule has 1 saturated carbocycles. The Labute approximate surface area is 122 Å². The molecule has 3 heteroatoms. The first-order chi connectivity index (χ1) is 9.54. The van der Waals surface area contributed by atoms with E-state index in [-0.39, 0.29) is 0 Å². The van der Waals surface area contributed by atoms with Gasteiger partial charge in [-0.2, -0.15) is 0 Å². The Morgan fingerprint density at radius 3 is 2.50 bits per heavy atom. The third-order valence-electron chi connectivity index (χ3n) is 3.93. The molecule has 1 unspecified atom stereocenters. The van der Waals surface area contributed by atoms with E-state index in [9.17, 15) is 5.11 Å². The molecule has 1 N–H and O–H groups in total. The van der Waals surface area contributed by atoms with Gasteiger partial charge in [0.2, 0.25) is 0 Å². The van der Waals surface area contributed by atoms with Gasteiger partial charge in [-0.1, -0.05) is 19.9 Å². The molecule has 0 saturated heterocycles. The number of hydrogen-bond donors (Lipinski definition) is 1. The lowest BCUT2D eigenvalue weighted by molar-refractivity contribution is 0.194.